The Morgan fingerprint density at radius 2 is 1.59 bits per heavy atom. The maximum absolute atomic E-state index is 12.8. The lowest BCUT2D eigenvalue weighted by Gasteiger charge is -2.17. The van der Waals surface area contributed by atoms with Gasteiger partial charge in [0.25, 0.3) is 5.91 Å². The van der Waals surface area contributed by atoms with E-state index in [-0.39, 0.29) is 23.8 Å². The molecule has 3 aromatic carbocycles. The minimum atomic E-state index is -1.22. The molecule has 0 heterocycles. The Bertz CT molecular complexity index is 1270. The van der Waals surface area contributed by atoms with Crippen molar-refractivity contribution in [3.63, 3.8) is 0 Å². The van der Waals surface area contributed by atoms with Crippen LogP contribution < -0.4 is 10.6 Å². The Morgan fingerprint density at radius 1 is 0.971 bits per heavy atom. The van der Waals surface area contributed by atoms with Gasteiger partial charge in [-0.2, -0.15) is 0 Å². The van der Waals surface area contributed by atoms with Crippen molar-refractivity contribution in [3.05, 3.63) is 89.0 Å². The first-order valence-corrected chi connectivity index (χ1v) is 11.2. The number of nitrogens with one attached hydrogen (secondary N) is 2. The van der Waals surface area contributed by atoms with Crippen LogP contribution in [0.2, 0.25) is 0 Å². The molecule has 2 aliphatic carbocycles. The highest BCUT2D eigenvalue weighted by molar-refractivity contribution is 6.05. The van der Waals surface area contributed by atoms with Crippen LogP contribution in [0.4, 0.5) is 10.5 Å². The summed E-state index contributed by atoms with van der Waals surface area (Å²) in [5.41, 5.74) is 4.53. The molecular formula is C27H24N2O5. The highest BCUT2D eigenvalue weighted by Gasteiger charge is 2.51. The summed E-state index contributed by atoms with van der Waals surface area (Å²) in [4.78, 5) is 37.0. The number of aryl methyl sites for hydroxylation is 1. The summed E-state index contributed by atoms with van der Waals surface area (Å²) in [6, 6.07) is 21.1. The summed E-state index contributed by atoms with van der Waals surface area (Å²) in [5, 5.41) is 14.6. The van der Waals surface area contributed by atoms with E-state index in [0.29, 0.717) is 12.8 Å². The van der Waals surface area contributed by atoms with Gasteiger partial charge in [0.05, 0.1) is 11.3 Å². The zero-order valence-corrected chi connectivity index (χ0v) is 18.6. The summed E-state index contributed by atoms with van der Waals surface area (Å²) in [7, 11) is 0. The third kappa shape index (κ3) is 3.90. The van der Waals surface area contributed by atoms with E-state index in [2.05, 4.69) is 22.8 Å². The number of hydrogen-bond donors (Lipinski definition) is 3. The number of fused-ring (bicyclic) bond motifs is 3. The van der Waals surface area contributed by atoms with Gasteiger partial charge in [0, 0.05) is 5.92 Å². The molecule has 1 saturated carbocycles. The maximum Gasteiger partial charge on any atom is 0.411 e. The van der Waals surface area contributed by atoms with E-state index in [9.17, 15) is 19.5 Å². The highest BCUT2D eigenvalue weighted by Crippen LogP contribution is 2.44. The van der Waals surface area contributed by atoms with Crippen molar-refractivity contribution in [1.29, 1.82) is 0 Å². The van der Waals surface area contributed by atoms with Crippen molar-refractivity contribution in [2.24, 2.45) is 0 Å². The first kappa shape index (κ1) is 21.7. The maximum atomic E-state index is 12.8. The number of amides is 2. The molecule has 7 nitrogen and oxygen atoms in total. The van der Waals surface area contributed by atoms with E-state index in [0.717, 1.165) is 27.8 Å². The van der Waals surface area contributed by atoms with Crippen LogP contribution in [0.15, 0.2) is 66.7 Å². The van der Waals surface area contributed by atoms with Crippen molar-refractivity contribution in [1.82, 2.24) is 5.32 Å². The first-order chi connectivity index (χ1) is 16.4. The second-order valence-corrected chi connectivity index (χ2v) is 8.84. The highest BCUT2D eigenvalue weighted by atomic mass is 16.5. The normalized spacial score (nSPS) is 15.1. The number of rotatable bonds is 6. The number of hydrogen-bond acceptors (Lipinski definition) is 4. The number of carbonyl (C=O) groups is 3. The van der Waals surface area contributed by atoms with E-state index >= 15 is 0 Å². The van der Waals surface area contributed by atoms with E-state index in [1.807, 2.05) is 43.3 Å². The Morgan fingerprint density at radius 3 is 2.18 bits per heavy atom. The molecule has 172 valence electrons. The smallest absolute Gasteiger partial charge is 0.411 e. The van der Waals surface area contributed by atoms with Crippen LogP contribution in [-0.2, 0) is 9.53 Å². The zero-order chi connectivity index (χ0) is 23.9. The van der Waals surface area contributed by atoms with Crippen LogP contribution in [0, 0.1) is 6.92 Å². The fourth-order valence-electron chi connectivity index (χ4n) is 4.50. The summed E-state index contributed by atoms with van der Waals surface area (Å²) in [6.45, 7) is 1.97. The first-order valence-electron chi connectivity index (χ1n) is 11.2. The fraction of sp³-hybridized carbons (Fsp3) is 0.222. The molecule has 0 spiro atoms. The van der Waals surface area contributed by atoms with Crippen molar-refractivity contribution in [2.75, 3.05) is 11.9 Å². The lowest BCUT2D eigenvalue weighted by molar-refractivity contribution is -0.140. The van der Waals surface area contributed by atoms with Gasteiger partial charge >= 0.3 is 12.1 Å². The average molecular weight is 456 g/mol. The molecule has 3 N–H and O–H groups in total. The summed E-state index contributed by atoms with van der Waals surface area (Å²) in [5.74, 6) is -1.68. The van der Waals surface area contributed by atoms with Gasteiger partial charge in [-0.25, -0.2) is 9.59 Å². The molecule has 2 amide bonds. The van der Waals surface area contributed by atoms with Crippen LogP contribution in [0.5, 0.6) is 0 Å². The molecule has 7 heteroatoms. The lowest BCUT2D eigenvalue weighted by Crippen LogP contribution is -2.43. The van der Waals surface area contributed by atoms with Crippen molar-refractivity contribution in [2.45, 2.75) is 31.2 Å². The molecular weight excluding hydrogens is 432 g/mol. The molecule has 0 aliphatic heterocycles. The van der Waals surface area contributed by atoms with Crippen molar-refractivity contribution >= 4 is 23.7 Å². The quantitative estimate of drug-likeness (QED) is 0.499. The van der Waals surface area contributed by atoms with E-state index in [1.54, 1.807) is 18.2 Å². The Hall–Kier alpha value is -4.13. The number of anilines is 1. The van der Waals surface area contributed by atoms with Gasteiger partial charge in [-0.15, -0.1) is 0 Å². The van der Waals surface area contributed by atoms with Gasteiger partial charge in [0.2, 0.25) is 0 Å². The molecule has 0 aromatic heterocycles. The number of carboxylic acids is 1. The molecule has 0 atom stereocenters. The predicted octanol–water partition coefficient (Wildman–Crippen LogP) is 4.70. The fourth-order valence-corrected chi connectivity index (χ4v) is 4.50. The van der Waals surface area contributed by atoms with Gasteiger partial charge in [-0.1, -0.05) is 60.2 Å². The van der Waals surface area contributed by atoms with Crippen LogP contribution >= 0.6 is 0 Å². The van der Waals surface area contributed by atoms with Gasteiger partial charge in [0.15, 0.2) is 0 Å². The molecule has 1 fully saturated rings. The van der Waals surface area contributed by atoms with Crippen molar-refractivity contribution in [3.8, 4) is 11.1 Å². The predicted molar refractivity (Wildman–Crippen MR) is 127 cm³/mol. The zero-order valence-electron chi connectivity index (χ0n) is 18.6. The largest absolute Gasteiger partial charge is 0.480 e. The number of carbonyl (C=O) groups excluding carboxylic acids is 2. The van der Waals surface area contributed by atoms with E-state index in [1.165, 1.54) is 0 Å². The summed E-state index contributed by atoms with van der Waals surface area (Å²) in [6.07, 6.45) is 0.0866. The number of carboxylic acid groups (broad SMARTS) is 1. The molecule has 34 heavy (non-hydrogen) atoms. The van der Waals surface area contributed by atoms with Crippen molar-refractivity contribution < 1.29 is 24.2 Å². The monoisotopic (exact) mass is 456 g/mol. The standard InChI is InChI=1S/C27H24N2O5/c1-16-10-11-23(21(14-16)24(30)29-27(12-13-27)25(31)32)28-26(33)34-15-22-19-8-4-2-6-17(19)18-7-3-5-9-20(18)22/h2-11,14,22H,12-13,15H2,1H3,(H,28,33)(H,29,30)(H,31,32). The van der Waals surface area contributed by atoms with E-state index in [4.69, 9.17) is 4.74 Å². The average Bonchev–Trinajstić information content (AvgIpc) is 3.55. The molecule has 0 radical (unpaired) electrons. The molecule has 3 aromatic rings. The van der Waals surface area contributed by atoms with Gasteiger partial charge in [-0.3, -0.25) is 10.1 Å². The number of aliphatic carboxylic acids is 1. The third-order valence-electron chi connectivity index (χ3n) is 6.51. The van der Waals surface area contributed by atoms with Crippen LogP contribution in [-0.4, -0.2) is 35.2 Å². The summed E-state index contributed by atoms with van der Waals surface area (Å²) >= 11 is 0. The topological polar surface area (TPSA) is 105 Å². The second-order valence-electron chi connectivity index (χ2n) is 8.84. The minimum Gasteiger partial charge on any atom is -0.480 e. The third-order valence-corrected chi connectivity index (χ3v) is 6.51. The molecule has 0 saturated heterocycles. The van der Waals surface area contributed by atoms with Gasteiger partial charge in [-0.05, 0) is 54.2 Å². The molecule has 0 unspecified atom stereocenters. The van der Waals surface area contributed by atoms with Gasteiger partial charge in [0.1, 0.15) is 12.1 Å². The Balaban J connectivity index is 1.30. The SMILES string of the molecule is Cc1ccc(NC(=O)OCC2c3ccccc3-c3ccccc32)c(C(=O)NC2(C(=O)O)CC2)c1. The van der Waals surface area contributed by atoms with E-state index < -0.39 is 23.5 Å². The van der Waals surface area contributed by atoms with Crippen LogP contribution in [0.3, 0.4) is 0 Å². The van der Waals surface area contributed by atoms with Gasteiger partial charge < -0.3 is 15.2 Å². The number of ether oxygens (including phenoxy) is 1. The number of benzene rings is 3. The second kappa shape index (κ2) is 8.33. The Kier molecular flexibility index (Phi) is 5.32. The lowest BCUT2D eigenvalue weighted by atomic mass is 9.98. The van der Waals surface area contributed by atoms with Crippen LogP contribution in [0.25, 0.3) is 11.1 Å². The molecule has 5 rings (SSSR count). The minimum absolute atomic E-state index is 0.0794. The van der Waals surface area contributed by atoms with Crippen LogP contribution in [0.1, 0.15) is 45.8 Å². The Labute approximate surface area is 196 Å². The molecule has 2 aliphatic rings. The molecule has 0 bridgehead atoms. The summed E-state index contributed by atoms with van der Waals surface area (Å²) < 4.78 is 5.58.